The van der Waals surface area contributed by atoms with Gasteiger partial charge in [0.25, 0.3) is 5.69 Å². The molecule has 0 N–H and O–H groups in total. The molecule has 0 amide bonds. The van der Waals surface area contributed by atoms with Crippen molar-refractivity contribution in [1.29, 1.82) is 0 Å². The number of halogens is 2. The van der Waals surface area contributed by atoms with Crippen molar-refractivity contribution in [3.8, 4) is 0 Å². The molecule has 126 valence electrons. The molecule has 0 aromatic heterocycles. The van der Waals surface area contributed by atoms with Crippen LogP contribution in [0, 0.1) is 10.1 Å². The summed E-state index contributed by atoms with van der Waals surface area (Å²) in [5.74, 6) is 0. The van der Waals surface area contributed by atoms with Crippen molar-refractivity contribution in [3.63, 3.8) is 0 Å². The summed E-state index contributed by atoms with van der Waals surface area (Å²) in [5, 5.41) is 11.9. The average molecular weight is 367 g/mol. The van der Waals surface area contributed by atoms with Crippen molar-refractivity contribution >= 4 is 28.9 Å². The highest BCUT2D eigenvalue weighted by atomic mass is 35.5. The molecule has 0 aliphatic carbocycles. The summed E-state index contributed by atoms with van der Waals surface area (Å²) in [5.41, 5.74) is 2.01. The van der Waals surface area contributed by atoms with E-state index < -0.39 is 0 Å². The van der Waals surface area contributed by atoms with Crippen LogP contribution in [0.4, 0.5) is 5.69 Å². The van der Waals surface area contributed by atoms with E-state index in [2.05, 4.69) is 4.90 Å². The first-order valence-corrected chi connectivity index (χ1v) is 8.31. The molecule has 1 heterocycles. The lowest BCUT2D eigenvalue weighted by Crippen LogP contribution is -2.37. The molecular formula is C17H16Cl2N2O3. The van der Waals surface area contributed by atoms with E-state index in [-0.39, 0.29) is 16.7 Å². The highest BCUT2D eigenvalue weighted by Gasteiger charge is 2.23. The van der Waals surface area contributed by atoms with Crippen molar-refractivity contribution in [2.45, 2.75) is 12.6 Å². The normalized spacial score (nSPS) is 18.5. The summed E-state index contributed by atoms with van der Waals surface area (Å²) in [6.07, 6.45) is -0.0905. The second kappa shape index (κ2) is 7.49. The van der Waals surface area contributed by atoms with Crippen molar-refractivity contribution < 1.29 is 9.66 Å². The molecule has 2 aromatic rings. The van der Waals surface area contributed by atoms with Crippen molar-refractivity contribution in [2.24, 2.45) is 0 Å². The van der Waals surface area contributed by atoms with Crippen molar-refractivity contribution in [3.05, 3.63) is 73.8 Å². The predicted octanol–water partition coefficient (Wildman–Crippen LogP) is 4.48. The van der Waals surface area contributed by atoms with Gasteiger partial charge in [-0.3, -0.25) is 15.0 Å². The fourth-order valence-electron chi connectivity index (χ4n) is 2.79. The zero-order chi connectivity index (χ0) is 17.1. The first-order chi connectivity index (χ1) is 11.5. The molecule has 2 aromatic carbocycles. The third-order valence-electron chi connectivity index (χ3n) is 3.99. The second-order valence-corrected chi connectivity index (χ2v) is 6.51. The fourth-order valence-corrected chi connectivity index (χ4v) is 3.09. The maximum atomic E-state index is 10.9. The summed E-state index contributed by atoms with van der Waals surface area (Å²) in [7, 11) is 0. The fraction of sp³-hybridized carbons (Fsp3) is 0.294. The van der Waals surface area contributed by atoms with Crippen LogP contribution in [-0.4, -0.2) is 29.5 Å². The molecule has 1 saturated heterocycles. The van der Waals surface area contributed by atoms with Crippen LogP contribution in [0.5, 0.6) is 0 Å². The Hall–Kier alpha value is -1.66. The van der Waals surface area contributed by atoms with Gasteiger partial charge in [0.1, 0.15) is 0 Å². The Morgan fingerprint density at radius 3 is 2.79 bits per heavy atom. The Bertz CT molecular complexity index is 754. The Morgan fingerprint density at radius 1 is 1.21 bits per heavy atom. The Balaban J connectivity index is 1.70. The van der Waals surface area contributed by atoms with Gasteiger partial charge in [0.15, 0.2) is 0 Å². The smallest absolute Gasteiger partial charge is 0.269 e. The number of nitrogens with zero attached hydrogens (tertiary/aromatic N) is 2. The standard InChI is InChI=1S/C17H16Cl2N2O3/c18-15-5-4-13(9-16(15)19)17-11-20(6-7-24-17)10-12-2-1-3-14(8-12)21(22)23/h1-5,8-9,17H,6-7,10-11H2. The number of morpholine rings is 1. The van der Waals surface area contributed by atoms with E-state index in [9.17, 15) is 10.1 Å². The third kappa shape index (κ3) is 4.05. The maximum absolute atomic E-state index is 10.9. The number of rotatable bonds is 4. The van der Waals surface area contributed by atoms with Gasteiger partial charge in [-0.05, 0) is 23.3 Å². The number of nitro benzene ring substituents is 1. The zero-order valence-corrected chi connectivity index (χ0v) is 14.3. The molecule has 5 nitrogen and oxygen atoms in total. The van der Waals surface area contributed by atoms with E-state index in [1.165, 1.54) is 6.07 Å². The highest BCUT2D eigenvalue weighted by molar-refractivity contribution is 6.42. The summed E-state index contributed by atoms with van der Waals surface area (Å²) in [6.45, 7) is 2.71. The number of ether oxygens (including phenoxy) is 1. The summed E-state index contributed by atoms with van der Waals surface area (Å²) in [4.78, 5) is 12.7. The molecule has 24 heavy (non-hydrogen) atoms. The van der Waals surface area contributed by atoms with Crippen LogP contribution in [0.15, 0.2) is 42.5 Å². The summed E-state index contributed by atoms with van der Waals surface area (Å²) in [6, 6.07) is 12.2. The predicted molar refractivity (Wildman–Crippen MR) is 93.5 cm³/mol. The number of benzene rings is 2. The van der Waals surface area contributed by atoms with Gasteiger partial charge in [-0.1, -0.05) is 41.4 Å². The molecular weight excluding hydrogens is 351 g/mol. The monoisotopic (exact) mass is 366 g/mol. The molecule has 7 heteroatoms. The lowest BCUT2D eigenvalue weighted by atomic mass is 10.1. The third-order valence-corrected chi connectivity index (χ3v) is 4.73. The number of hydrogen-bond donors (Lipinski definition) is 0. The molecule has 1 aliphatic rings. The van der Waals surface area contributed by atoms with E-state index in [1.54, 1.807) is 18.2 Å². The van der Waals surface area contributed by atoms with Crippen LogP contribution < -0.4 is 0 Å². The summed E-state index contributed by atoms with van der Waals surface area (Å²) < 4.78 is 5.84. The average Bonchev–Trinajstić information content (AvgIpc) is 2.58. The number of non-ortho nitro benzene ring substituents is 1. The van der Waals surface area contributed by atoms with E-state index in [0.29, 0.717) is 29.7 Å². The summed E-state index contributed by atoms with van der Waals surface area (Å²) >= 11 is 12.0. The van der Waals surface area contributed by atoms with Crippen molar-refractivity contribution in [1.82, 2.24) is 4.90 Å². The van der Waals surface area contributed by atoms with Gasteiger partial charge >= 0.3 is 0 Å². The number of nitro groups is 1. The van der Waals surface area contributed by atoms with E-state index in [4.69, 9.17) is 27.9 Å². The van der Waals surface area contributed by atoms with Crippen LogP contribution in [0.2, 0.25) is 10.0 Å². The van der Waals surface area contributed by atoms with Gasteiger partial charge in [-0.15, -0.1) is 0 Å². The highest BCUT2D eigenvalue weighted by Crippen LogP contribution is 2.29. The minimum Gasteiger partial charge on any atom is -0.371 e. The zero-order valence-electron chi connectivity index (χ0n) is 12.8. The Kier molecular flexibility index (Phi) is 5.36. The molecule has 0 spiro atoms. The lowest BCUT2D eigenvalue weighted by Gasteiger charge is -2.33. The van der Waals surface area contributed by atoms with Crippen LogP contribution in [0.1, 0.15) is 17.2 Å². The van der Waals surface area contributed by atoms with Crippen molar-refractivity contribution in [2.75, 3.05) is 19.7 Å². The second-order valence-electron chi connectivity index (χ2n) is 5.70. The first kappa shape index (κ1) is 17.2. The molecule has 1 aliphatic heterocycles. The van der Waals surface area contributed by atoms with Gasteiger partial charge in [-0.2, -0.15) is 0 Å². The Morgan fingerprint density at radius 2 is 2.04 bits per heavy atom. The molecule has 1 atom stereocenters. The molecule has 1 unspecified atom stereocenters. The van der Waals surface area contributed by atoms with E-state index >= 15 is 0 Å². The maximum Gasteiger partial charge on any atom is 0.269 e. The van der Waals surface area contributed by atoms with Gasteiger partial charge in [-0.25, -0.2) is 0 Å². The van der Waals surface area contributed by atoms with Crippen LogP contribution >= 0.6 is 23.2 Å². The number of hydrogen-bond acceptors (Lipinski definition) is 4. The van der Waals surface area contributed by atoms with E-state index in [0.717, 1.165) is 17.7 Å². The minimum atomic E-state index is -0.374. The van der Waals surface area contributed by atoms with Gasteiger partial charge < -0.3 is 4.74 Å². The van der Waals surface area contributed by atoms with Gasteiger partial charge in [0, 0.05) is 31.8 Å². The Labute approximate surface area is 149 Å². The lowest BCUT2D eigenvalue weighted by molar-refractivity contribution is -0.384. The quantitative estimate of drug-likeness (QED) is 0.591. The van der Waals surface area contributed by atoms with Crippen LogP contribution in [-0.2, 0) is 11.3 Å². The largest absolute Gasteiger partial charge is 0.371 e. The topological polar surface area (TPSA) is 55.6 Å². The SMILES string of the molecule is O=[N+]([O-])c1cccc(CN2CCOC(c3ccc(Cl)c(Cl)c3)C2)c1. The van der Waals surface area contributed by atoms with Gasteiger partial charge in [0.05, 0.1) is 27.7 Å². The van der Waals surface area contributed by atoms with Crippen LogP contribution in [0.25, 0.3) is 0 Å². The minimum absolute atomic E-state index is 0.0905. The molecule has 0 saturated carbocycles. The van der Waals surface area contributed by atoms with E-state index in [1.807, 2.05) is 18.2 Å². The molecule has 0 bridgehead atoms. The molecule has 1 fully saturated rings. The molecule has 3 rings (SSSR count). The van der Waals surface area contributed by atoms with Crippen LogP contribution in [0.3, 0.4) is 0 Å². The first-order valence-electron chi connectivity index (χ1n) is 7.55. The van der Waals surface area contributed by atoms with Gasteiger partial charge in [0.2, 0.25) is 0 Å². The molecule has 0 radical (unpaired) electrons.